The molecule has 7 heteroatoms. The van der Waals surface area contributed by atoms with Crippen LogP contribution in [0.2, 0.25) is 5.02 Å². The van der Waals surface area contributed by atoms with E-state index in [1.807, 2.05) is 0 Å². The summed E-state index contributed by atoms with van der Waals surface area (Å²) in [5, 5.41) is 14.4. The van der Waals surface area contributed by atoms with Crippen molar-refractivity contribution in [2.24, 2.45) is 0 Å². The molecule has 1 aromatic heterocycles. The zero-order valence-corrected chi connectivity index (χ0v) is 12.6. The van der Waals surface area contributed by atoms with E-state index in [9.17, 15) is 10.1 Å². The fourth-order valence-electron chi connectivity index (χ4n) is 1.96. The van der Waals surface area contributed by atoms with Gasteiger partial charge in [0.05, 0.1) is 17.1 Å². The van der Waals surface area contributed by atoms with Gasteiger partial charge in [0.15, 0.2) is 0 Å². The molecule has 0 unspecified atom stereocenters. The highest BCUT2D eigenvalue weighted by Gasteiger charge is 2.16. The van der Waals surface area contributed by atoms with E-state index in [2.05, 4.69) is 16.9 Å². The Balaban J connectivity index is 2.47. The first-order valence-corrected chi connectivity index (χ1v) is 6.78. The van der Waals surface area contributed by atoms with E-state index in [0.29, 0.717) is 22.9 Å². The van der Waals surface area contributed by atoms with Crippen LogP contribution in [0.15, 0.2) is 43.1 Å². The van der Waals surface area contributed by atoms with Crippen LogP contribution in [0, 0.1) is 10.1 Å². The molecule has 0 aliphatic carbocycles. The van der Waals surface area contributed by atoms with Crippen LogP contribution >= 0.6 is 11.6 Å². The van der Waals surface area contributed by atoms with E-state index in [1.165, 1.54) is 25.4 Å². The van der Waals surface area contributed by atoms with E-state index in [0.717, 1.165) is 5.56 Å². The first kappa shape index (κ1) is 15.8. The van der Waals surface area contributed by atoms with Crippen molar-refractivity contribution in [3.8, 4) is 5.75 Å². The SMILES string of the molecule is C=CCc1cc(OC)c(Cl)cc1Nc1ncccc1[N+](=O)[O-]. The highest BCUT2D eigenvalue weighted by atomic mass is 35.5. The molecule has 0 saturated carbocycles. The minimum absolute atomic E-state index is 0.112. The molecule has 6 nitrogen and oxygen atoms in total. The molecule has 1 N–H and O–H groups in total. The molecule has 0 spiro atoms. The zero-order chi connectivity index (χ0) is 16.1. The van der Waals surface area contributed by atoms with E-state index < -0.39 is 4.92 Å². The Hall–Kier alpha value is -2.60. The molecule has 1 heterocycles. The van der Waals surface area contributed by atoms with Crippen molar-refractivity contribution in [3.05, 3.63) is 63.8 Å². The summed E-state index contributed by atoms with van der Waals surface area (Å²) >= 11 is 6.13. The summed E-state index contributed by atoms with van der Waals surface area (Å²) in [7, 11) is 1.52. The molecule has 0 aliphatic rings. The number of allylic oxidation sites excluding steroid dienone is 1. The predicted octanol–water partition coefficient (Wildman–Crippen LogP) is 4.12. The van der Waals surface area contributed by atoms with Gasteiger partial charge in [0.1, 0.15) is 5.75 Å². The summed E-state index contributed by atoms with van der Waals surface area (Å²) in [6.45, 7) is 3.70. The normalized spacial score (nSPS) is 10.1. The van der Waals surface area contributed by atoms with E-state index in [1.54, 1.807) is 18.2 Å². The minimum atomic E-state index is -0.492. The summed E-state index contributed by atoms with van der Waals surface area (Å²) in [5.41, 5.74) is 1.35. The van der Waals surface area contributed by atoms with Crippen molar-refractivity contribution in [1.82, 2.24) is 4.98 Å². The standard InChI is InChI=1S/C15H14ClN3O3/c1-3-5-10-8-14(22-2)11(16)9-12(10)18-15-13(19(20)21)6-4-7-17-15/h3-4,6-9H,1,5H2,2H3,(H,17,18). The van der Waals surface area contributed by atoms with Crippen molar-refractivity contribution in [3.63, 3.8) is 0 Å². The van der Waals surface area contributed by atoms with Gasteiger partial charge in [0, 0.05) is 18.0 Å². The molecule has 0 amide bonds. The van der Waals surface area contributed by atoms with Crippen LogP contribution in [0.5, 0.6) is 5.75 Å². The molecule has 114 valence electrons. The van der Waals surface area contributed by atoms with Gasteiger partial charge < -0.3 is 10.1 Å². The number of halogens is 1. The Morgan fingerprint density at radius 1 is 1.55 bits per heavy atom. The number of benzene rings is 1. The van der Waals surface area contributed by atoms with Crippen LogP contribution in [0.1, 0.15) is 5.56 Å². The van der Waals surface area contributed by atoms with E-state index in [4.69, 9.17) is 16.3 Å². The molecule has 0 saturated heterocycles. The second-order valence-corrected chi connectivity index (χ2v) is 4.80. The molecule has 1 aromatic carbocycles. The maximum absolute atomic E-state index is 11.1. The second kappa shape index (κ2) is 6.91. The molecule has 2 rings (SSSR count). The van der Waals surface area contributed by atoms with Crippen molar-refractivity contribution in [2.45, 2.75) is 6.42 Å². The third kappa shape index (κ3) is 3.35. The lowest BCUT2D eigenvalue weighted by Crippen LogP contribution is -2.02. The number of pyridine rings is 1. The highest BCUT2D eigenvalue weighted by molar-refractivity contribution is 6.32. The average Bonchev–Trinajstić information content (AvgIpc) is 2.50. The maximum atomic E-state index is 11.1. The number of aromatic nitrogens is 1. The van der Waals surface area contributed by atoms with Crippen LogP contribution in [0.3, 0.4) is 0 Å². The van der Waals surface area contributed by atoms with Gasteiger partial charge in [-0.15, -0.1) is 6.58 Å². The van der Waals surface area contributed by atoms with Crippen LogP contribution in [0.25, 0.3) is 0 Å². The topological polar surface area (TPSA) is 77.3 Å². The van der Waals surface area contributed by atoms with Crippen molar-refractivity contribution < 1.29 is 9.66 Å². The molecule has 0 aliphatic heterocycles. The smallest absolute Gasteiger partial charge is 0.311 e. The molecule has 0 radical (unpaired) electrons. The summed E-state index contributed by atoms with van der Waals surface area (Å²) in [6.07, 6.45) is 3.75. The first-order valence-electron chi connectivity index (χ1n) is 6.40. The Morgan fingerprint density at radius 3 is 2.95 bits per heavy atom. The van der Waals surface area contributed by atoms with E-state index >= 15 is 0 Å². The zero-order valence-electron chi connectivity index (χ0n) is 11.9. The lowest BCUT2D eigenvalue weighted by molar-refractivity contribution is -0.384. The molecule has 0 fully saturated rings. The molecule has 0 atom stereocenters. The number of methoxy groups -OCH3 is 1. The molecule has 2 aromatic rings. The van der Waals surface area contributed by atoms with Gasteiger partial charge in [-0.3, -0.25) is 10.1 Å². The number of hydrogen-bond donors (Lipinski definition) is 1. The van der Waals surface area contributed by atoms with Crippen molar-refractivity contribution in [2.75, 3.05) is 12.4 Å². The van der Waals surface area contributed by atoms with Gasteiger partial charge in [-0.1, -0.05) is 17.7 Å². The fourth-order valence-corrected chi connectivity index (χ4v) is 2.20. The molecule has 22 heavy (non-hydrogen) atoms. The van der Waals surface area contributed by atoms with Gasteiger partial charge in [0.25, 0.3) is 0 Å². The van der Waals surface area contributed by atoms with Crippen molar-refractivity contribution >= 4 is 28.8 Å². The van der Waals surface area contributed by atoms with Crippen molar-refractivity contribution in [1.29, 1.82) is 0 Å². The van der Waals surface area contributed by atoms with Crippen LogP contribution in [0.4, 0.5) is 17.2 Å². The Kier molecular flexibility index (Phi) is 4.95. The average molecular weight is 320 g/mol. The second-order valence-electron chi connectivity index (χ2n) is 4.39. The summed E-state index contributed by atoms with van der Waals surface area (Å²) < 4.78 is 5.18. The Bertz CT molecular complexity index is 719. The maximum Gasteiger partial charge on any atom is 0.311 e. The number of hydrogen-bond acceptors (Lipinski definition) is 5. The lowest BCUT2D eigenvalue weighted by Gasteiger charge is -2.13. The molecular weight excluding hydrogens is 306 g/mol. The number of anilines is 2. The Morgan fingerprint density at radius 2 is 2.32 bits per heavy atom. The first-order chi connectivity index (χ1) is 10.6. The quantitative estimate of drug-likeness (QED) is 0.492. The predicted molar refractivity (Wildman–Crippen MR) is 86.1 cm³/mol. The van der Waals surface area contributed by atoms with Crippen LogP contribution < -0.4 is 10.1 Å². The molecular formula is C15H14ClN3O3. The van der Waals surface area contributed by atoms with Gasteiger partial charge in [-0.25, -0.2) is 4.98 Å². The third-order valence-corrected chi connectivity index (χ3v) is 3.27. The van der Waals surface area contributed by atoms with Gasteiger partial charge in [-0.05, 0) is 30.2 Å². The van der Waals surface area contributed by atoms with Crippen LogP contribution in [-0.2, 0) is 6.42 Å². The number of ether oxygens (including phenoxy) is 1. The Labute approximate surface area is 132 Å². The number of nitrogens with one attached hydrogen (secondary N) is 1. The lowest BCUT2D eigenvalue weighted by atomic mass is 10.1. The number of nitro groups is 1. The van der Waals surface area contributed by atoms with E-state index in [-0.39, 0.29) is 11.5 Å². The fraction of sp³-hybridized carbons (Fsp3) is 0.133. The molecule has 0 bridgehead atoms. The largest absolute Gasteiger partial charge is 0.495 e. The van der Waals surface area contributed by atoms with Gasteiger partial charge in [0.2, 0.25) is 5.82 Å². The number of nitrogens with zero attached hydrogens (tertiary/aromatic N) is 2. The summed E-state index contributed by atoms with van der Waals surface area (Å²) in [5.74, 6) is 0.679. The monoisotopic (exact) mass is 319 g/mol. The third-order valence-electron chi connectivity index (χ3n) is 2.98. The summed E-state index contributed by atoms with van der Waals surface area (Å²) in [4.78, 5) is 14.6. The number of rotatable bonds is 6. The highest BCUT2D eigenvalue weighted by Crippen LogP contribution is 2.34. The van der Waals surface area contributed by atoms with Crippen LogP contribution in [-0.4, -0.2) is 17.0 Å². The van der Waals surface area contributed by atoms with Gasteiger partial charge >= 0.3 is 5.69 Å². The van der Waals surface area contributed by atoms with Gasteiger partial charge in [-0.2, -0.15) is 0 Å². The minimum Gasteiger partial charge on any atom is -0.495 e. The summed E-state index contributed by atoms with van der Waals surface area (Å²) in [6, 6.07) is 6.31.